The Hall–Kier alpha value is -2.12. The first-order valence-electron chi connectivity index (χ1n) is 7.55. The number of rotatable bonds is 4. The summed E-state index contributed by atoms with van der Waals surface area (Å²) in [5.41, 5.74) is 8.78. The minimum absolute atomic E-state index is 0.123. The molecule has 0 bridgehead atoms. The van der Waals surface area contributed by atoms with Gasteiger partial charge in [0.1, 0.15) is 0 Å². The van der Waals surface area contributed by atoms with Crippen LogP contribution in [0, 0.1) is 0 Å². The van der Waals surface area contributed by atoms with Crippen molar-refractivity contribution in [1.29, 1.82) is 0 Å². The van der Waals surface area contributed by atoms with Crippen LogP contribution in [0.15, 0.2) is 72.8 Å². The minimum atomic E-state index is -0.123. The number of fused-ring (bicyclic) bond motifs is 1. The molecule has 106 valence electrons. The molecule has 1 nitrogen and oxygen atoms in total. The van der Waals surface area contributed by atoms with Crippen LogP contribution < -0.4 is 5.73 Å². The molecule has 0 spiro atoms. The van der Waals surface area contributed by atoms with E-state index in [2.05, 4.69) is 79.7 Å². The molecule has 2 N–H and O–H groups in total. The van der Waals surface area contributed by atoms with E-state index >= 15 is 0 Å². The highest BCUT2D eigenvalue weighted by Gasteiger charge is 2.32. The van der Waals surface area contributed by atoms with Crippen LogP contribution in [0.5, 0.6) is 0 Å². The van der Waals surface area contributed by atoms with Gasteiger partial charge >= 0.3 is 0 Å². The second-order valence-electron chi connectivity index (χ2n) is 5.53. The van der Waals surface area contributed by atoms with Gasteiger partial charge in [-0.2, -0.15) is 0 Å². The van der Waals surface area contributed by atoms with Crippen LogP contribution in [-0.2, 0) is 5.41 Å². The van der Waals surface area contributed by atoms with Crippen LogP contribution in [0.2, 0.25) is 0 Å². The van der Waals surface area contributed by atoms with Crippen molar-refractivity contribution in [1.82, 2.24) is 0 Å². The Bertz CT molecular complexity index is 722. The summed E-state index contributed by atoms with van der Waals surface area (Å²) in [5, 5.41) is 2.58. The molecule has 3 aromatic rings. The predicted molar refractivity (Wildman–Crippen MR) is 90.5 cm³/mol. The largest absolute Gasteiger partial charge is 0.329 e. The van der Waals surface area contributed by atoms with E-state index in [1.807, 2.05) is 0 Å². The summed E-state index contributed by atoms with van der Waals surface area (Å²) < 4.78 is 0. The second-order valence-corrected chi connectivity index (χ2v) is 5.53. The average molecular weight is 275 g/mol. The summed E-state index contributed by atoms with van der Waals surface area (Å²) >= 11 is 0. The van der Waals surface area contributed by atoms with Gasteiger partial charge in [-0.15, -0.1) is 0 Å². The van der Waals surface area contributed by atoms with Gasteiger partial charge in [-0.05, 0) is 28.3 Å². The third kappa shape index (κ3) is 2.24. The smallest absolute Gasteiger partial charge is 0.0328 e. The summed E-state index contributed by atoms with van der Waals surface area (Å²) in [5.74, 6) is 0. The van der Waals surface area contributed by atoms with Gasteiger partial charge in [0.2, 0.25) is 0 Å². The Labute approximate surface area is 126 Å². The summed E-state index contributed by atoms with van der Waals surface area (Å²) in [7, 11) is 0. The number of hydrogen-bond donors (Lipinski definition) is 1. The van der Waals surface area contributed by atoms with Gasteiger partial charge in [0.15, 0.2) is 0 Å². The Morgan fingerprint density at radius 3 is 2.19 bits per heavy atom. The van der Waals surface area contributed by atoms with Crippen molar-refractivity contribution in [2.24, 2.45) is 5.73 Å². The third-order valence-corrected chi connectivity index (χ3v) is 4.58. The molecule has 0 saturated carbocycles. The first-order chi connectivity index (χ1) is 10.3. The molecular formula is C20H21N. The molecule has 0 fully saturated rings. The van der Waals surface area contributed by atoms with E-state index in [-0.39, 0.29) is 5.41 Å². The van der Waals surface area contributed by atoms with E-state index in [1.165, 1.54) is 21.9 Å². The molecule has 0 aliphatic heterocycles. The molecule has 3 rings (SSSR count). The average Bonchev–Trinajstić information content (AvgIpc) is 2.58. The van der Waals surface area contributed by atoms with Crippen molar-refractivity contribution in [2.45, 2.75) is 18.8 Å². The van der Waals surface area contributed by atoms with Crippen LogP contribution in [0.3, 0.4) is 0 Å². The molecular weight excluding hydrogens is 254 g/mol. The van der Waals surface area contributed by atoms with E-state index < -0.39 is 0 Å². The van der Waals surface area contributed by atoms with Gasteiger partial charge < -0.3 is 5.73 Å². The molecule has 0 aliphatic rings. The van der Waals surface area contributed by atoms with Gasteiger partial charge in [0, 0.05) is 12.0 Å². The third-order valence-electron chi connectivity index (χ3n) is 4.58. The fourth-order valence-corrected chi connectivity index (χ4v) is 3.32. The number of benzene rings is 3. The van der Waals surface area contributed by atoms with Crippen LogP contribution in [0.25, 0.3) is 10.8 Å². The first-order valence-corrected chi connectivity index (χ1v) is 7.55. The van der Waals surface area contributed by atoms with Crippen LogP contribution in [0.4, 0.5) is 0 Å². The topological polar surface area (TPSA) is 26.0 Å². The molecule has 1 atom stereocenters. The summed E-state index contributed by atoms with van der Waals surface area (Å²) in [4.78, 5) is 0. The van der Waals surface area contributed by atoms with Crippen LogP contribution >= 0.6 is 0 Å². The predicted octanol–water partition coefficient (Wildman–Crippen LogP) is 4.49. The summed E-state index contributed by atoms with van der Waals surface area (Å²) in [6, 6.07) is 25.7. The lowest BCUT2D eigenvalue weighted by molar-refractivity contribution is 0.511. The van der Waals surface area contributed by atoms with Gasteiger partial charge in [-0.25, -0.2) is 0 Å². The number of hydrogen-bond acceptors (Lipinski definition) is 1. The number of nitrogens with two attached hydrogens (primary N) is 1. The molecule has 0 radical (unpaired) electrons. The zero-order valence-corrected chi connectivity index (χ0v) is 12.4. The van der Waals surface area contributed by atoms with Gasteiger partial charge in [-0.3, -0.25) is 0 Å². The lowest BCUT2D eigenvalue weighted by Gasteiger charge is -2.34. The van der Waals surface area contributed by atoms with Gasteiger partial charge in [-0.1, -0.05) is 79.7 Å². The van der Waals surface area contributed by atoms with E-state index in [0.29, 0.717) is 6.54 Å². The van der Waals surface area contributed by atoms with Crippen molar-refractivity contribution in [3.63, 3.8) is 0 Å². The normalized spacial score (nSPS) is 14.0. The van der Waals surface area contributed by atoms with Crippen molar-refractivity contribution < 1.29 is 0 Å². The highest BCUT2D eigenvalue weighted by molar-refractivity contribution is 5.87. The highest BCUT2D eigenvalue weighted by Crippen LogP contribution is 2.38. The van der Waals surface area contributed by atoms with Crippen molar-refractivity contribution in [3.05, 3.63) is 83.9 Å². The van der Waals surface area contributed by atoms with Crippen LogP contribution in [-0.4, -0.2) is 6.54 Å². The molecule has 0 aliphatic carbocycles. The van der Waals surface area contributed by atoms with E-state index in [9.17, 15) is 0 Å². The maximum atomic E-state index is 6.27. The molecule has 3 aromatic carbocycles. The zero-order chi connectivity index (χ0) is 14.7. The Morgan fingerprint density at radius 2 is 1.48 bits per heavy atom. The maximum Gasteiger partial charge on any atom is 0.0328 e. The van der Waals surface area contributed by atoms with Crippen molar-refractivity contribution >= 4 is 10.8 Å². The lowest BCUT2D eigenvalue weighted by atomic mass is 9.71. The molecule has 1 unspecified atom stereocenters. The lowest BCUT2D eigenvalue weighted by Crippen LogP contribution is -2.36. The fourth-order valence-electron chi connectivity index (χ4n) is 3.32. The SMILES string of the molecule is CCC(CN)(c1ccccc1)c1cccc2ccccc12. The van der Waals surface area contributed by atoms with Crippen molar-refractivity contribution in [3.8, 4) is 0 Å². The summed E-state index contributed by atoms with van der Waals surface area (Å²) in [6.07, 6.45) is 0.988. The molecule has 0 heterocycles. The first kappa shape index (κ1) is 13.8. The van der Waals surface area contributed by atoms with Crippen LogP contribution in [0.1, 0.15) is 24.5 Å². The Kier molecular flexibility index (Phi) is 3.76. The quantitative estimate of drug-likeness (QED) is 0.745. The zero-order valence-electron chi connectivity index (χ0n) is 12.4. The van der Waals surface area contributed by atoms with Gasteiger partial charge in [0.25, 0.3) is 0 Å². The van der Waals surface area contributed by atoms with Crippen molar-refractivity contribution in [2.75, 3.05) is 6.54 Å². The Balaban J connectivity index is 2.30. The fraction of sp³-hybridized carbons (Fsp3) is 0.200. The second kappa shape index (κ2) is 5.71. The molecule has 0 amide bonds. The molecule has 21 heavy (non-hydrogen) atoms. The molecule has 0 aromatic heterocycles. The molecule has 0 saturated heterocycles. The minimum Gasteiger partial charge on any atom is -0.329 e. The highest BCUT2D eigenvalue weighted by atomic mass is 14.6. The van der Waals surface area contributed by atoms with E-state index in [4.69, 9.17) is 5.73 Å². The standard InChI is InChI=1S/C20H21N/c1-2-20(15-21,17-11-4-3-5-12-17)19-14-8-10-16-9-6-7-13-18(16)19/h3-14H,2,15,21H2,1H3. The van der Waals surface area contributed by atoms with Gasteiger partial charge in [0.05, 0.1) is 0 Å². The Morgan fingerprint density at radius 1 is 0.810 bits per heavy atom. The van der Waals surface area contributed by atoms with E-state index in [1.54, 1.807) is 0 Å². The molecule has 1 heteroatoms. The maximum absolute atomic E-state index is 6.27. The summed E-state index contributed by atoms with van der Waals surface area (Å²) in [6.45, 7) is 2.84. The van der Waals surface area contributed by atoms with E-state index in [0.717, 1.165) is 6.42 Å². The monoisotopic (exact) mass is 275 g/mol.